The van der Waals surface area contributed by atoms with Gasteiger partial charge in [-0.3, -0.25) is 0 Å². The zero-order valence-corrected chi connectivity index (χ0v) is 12.9. The van der Waals surface area contributed by atoms with Gasteiger partial charge < -0.3 is 15.0 Å². The molecule has 0 saturated carbocycles. The Morgan fingerprint density at radius 1 is 1.11 bits per heavy atom. The Labute approximate surface area is 118 Å². The quantitative estimate of drug-likeness (QED) is 0.781. The fourth-order valence-corrected chi connectivity index (χ4v) is 2.00. The fraction of sp³-hybridized carbons (Fsp3) is 0.625. The van der Waals surface area contributed by atoms with Crippen molar-refractivity contribution in [2.75, 3.05) is 25.2 Å². The SMILES string of the molecule is COCCN(c1ccc(CNC(C)C)cc1)C(C)C. The predicted octanol–water partition coefficient (Wildman–Crippen LogP) is 3.05. The smallest absolute Gasteiger partial charge is 0.0637 e. The molecule has 0 aliphatic rings. The first-order valence-corrected chi connectivity index (χ1v) is 7.12. The van der Waals surface area contributed by atoms with Crippen LogP contribution >= 0.6 is 0 Å². The molecule has 0 bridgehead atoms. The molecule has 0 atom stereocenters. The van der Waals surface area contributed by atoms with Crippen LogP contribution in [0.25, 0.3) is 0 Å². The summed E-state index contributed by atoms with van der Waals surface area (Å²) in [5.74, 6) is 0. The Morgan fingerprint density at radius 2 is 1.74 bits per heavy atom. The molecule has 0 amide bonds. The van der Waals surface area contributed by atoms with Crippen molar-refractivity contribution in [2.24, 2.45) is 0 Å². The highest BCUT2D eigenvalue weighted by molar-refractivity contribution is 5.48. The van der Waals surface area contributed by atoms with Crippen LogP contribution in [0.15, 0.2) is 24.3 Å². The van der Waals surface area contributed by atoms with E-state index in [-0.39, 0.29) is 0 Å². The number of hydrogen-bond acceptors (Lipinski definition) is 3. The lowest BCUT2D eigenvalue weighted by Crippen LogP contribution is -2.33. The molecule has 0 saturated heterocycles. The van der Waals surface area contributed by atoms with E-state index < -0.39 is 0 Å². The first-order valence-electron chi connectivity index (χ1n) is 7.12. The summed E-state index contributed by atoms with van der Waals surface area (Å²) >= 11 is 0. The molecule has 0 radical (unpaired) electrons. The normalized spacial score (nSPS) is 11.3. The van der Waals surface area contributed by atoms with Crippen LogP contribution in [0, 0.1) is 0 Å². The third-order valence-electron chi connectivity index (χ3n) is 3.14. The molecule has 0 heterocycles. The van der Waals surface area contributed by atoms with Crippen LogP contribution in [-0.4, -0.2) is 32.3 Å². The van der Waals surface area contributed by atoms with Gasteiger partial charge in [-0.05, 0) is 31.5 Å². The third kappa shape index (κ3) is 5.62. The maximum atomic E-state index is 5.18. The van der Waals surface area contributed by atoms with Crippen molar-refractivity contribution in [3.63, 3.8) is 0 Å². The van der Waals surface area contributed by atoms with Crippen molar-refractivity contribution in [1.29, 1.82) is 0 Å². The topological polar surface area (TPSA) is 24.5 Å². The van der Waals surface area contributed by atoms with Gasteiger partial charge >= 0.3 is 0 Å². The van der Waals surface area contributed by atoms with Gasteiger partial charge in [0.1, 0.15) is 0 Å². The number of anilines is 1. The highest BCUT2D eigenvalue weighted by Crippen LogP contribution is 2.17. The number of hydrogen-bond donors (Lipinski definition) is 1. The zero-order chi connectivity index (χ0) is 14.3. The second-order valence-electron chi connectivity index (χ2n) is 5.48. The maximum Gasteiger partial charge on any atom is 0.0637 e. The molecule has 19 heavy (non-hydrogen) atoms. The number of nitrogens with zero attached hydrogens (tertiary/aromatic N) is 1. The van der Waals surface area contributed by atoms with Crippen LogP contribution in [0.2, 0.25) is 0 Å². The van der Waals surface area contributed by atoms with Crippen LogP contribution in [0.1, 0.15) is 33.3 Å². The van der Waals surface area contributed by atoms with Crippen LogP contribution in [-0.2, 0) is 11.3 Å². The van der Waals surface area contributed by atoms with Crippen molar-refractivity contribution >= 4 is 5.69 Å². The molecule has 1 N–H and O–H groups in total. The molecule has 0 aliphatic heterocycles. The summed E-state index contributed by atoms with van der Waals surface area (Å²) in [5.41, 5.74) is 2.59. The molecule has 108 valence electrons. The van der Waals surface area contributed by atoms with Gasteiger partial charge in [0, 0.05) is 38.0 Å². The zero-order valence-electron chi connectivity index (χ0n) is 12.9. The standard InChI is InChI=1S/C16H28N2O/c1-13(2)17-12-15-6-8-16(9-7-15)18(14(3)4)10-11-19-5/h6-9,13-14,17H,10-12H2,1-5H3. The lowest BCUT2D eigenvalue weighted by atomic mass is 10.1. The van der Waals surface area contributed by atoms with Crippen LogP contribution < -0.4 is 10.2 Å². The van der Waals surface area contributed by atoms with Crippen molar-refractivity contribution in [2.45, 2.75) is 46.3 Å². The summed E-state index contributed by atoms with van der Waals surface area (Å²) in [6.45, 7) is 11.4. The molecule has 0 aromatic heterocycles. The molecular weight excluding hydrogens is 236 g/mol. The van der Waals surface area contributed by atoms with Crippen molar-refractivity contribution in [1.82, 2.24) is 5.32 Å². The van der Waals surface area contributed by atoms with Crippen molar-refractivity contribution in [3.05, 3.63) is 29.8 Å². The Bertz CT molecular complexity index is 346. The predicted molar refractivity (Wildman–Crippen MR) is 82.8 cm³/mol. The van der Waals surface area contributed by atoms with Gasteiger partial charge in [-0.1, -0.05) is 26.0 Å². The molecule has 0 unspecified atom stereocenters. The minimum atomic E-state index is 0.481. The molecule has 0 aliphatic carbocycles. The van der Waals surface area contributed by atoms with Gasteiger partial charge in [-0.25, -0.2) is 0 Å². The van der Waals surface area contributed by atoms with E-state index in [9.17, 15) is 0 Å². The largest absolute Gasteiger partial charge is 0.383 e. The first kappa shape index (κ1) is 16.0. The number of methoxy groups -OCH3 is 1. The Morgan fingerprint density at radius 3 is 2.21 bits per heavy atom. The Balaban J connectivity index is 2.66. The van der Waals surface area contributed by atoms with Gasteiger partial charge in [0.15, 0.2) is 0 Å². The number of benzene rings is 1. The lowest BCUT2D eigenvalue weighted by molar-refractivity contribution is 0.204. The Hall–Kier alpha value is -1.06. The summed E-state index contributed by atoms with van der Waals surface area (Å²) in [6, 6.07) is 9.81. The van der Waals surface area contributed by atoms with E-state index in [2.05, 4.69) is 62.2 Å². The minimum absolute atomic E-state index is 0.481. The lowest BCUT2D eigenvalue weighted by Gasteiger charge is -2.29. The van der Waals surface area contributed by atoms with E-state index in [0.717, 1.165) is 19.7 Å². The average molecular weight is 264 g/mol. The van der Waals surface area contributed by atoms with Crippen molar-refractivity contribution < 1.29 is 4.74 Å². The van der Waals surface area contributed by atoms with Crippen LogP contribution in [0.3, 0.4) is 0 Å². The summed E-state index contributed by atoms with van der Waals surface area (Å²) in [6.07, 6.45) is 0. The molecule has 1 rings (SSSR count). The van der Waals surface area contributed by atoms with E-state index in [1.165, 1.54) is 11.3 Å². The maximum absolute atomic E-state index is 5.18. The van der Waals surface area contributed by atoms with Crippen LogP contribution in [0.5, 0.6) is 0 Å². The van der Waals surface area contributed by atoms with E-state index in [1.807, 2.05) is 0 Å². The summed E-state index contributed by atoms with van der Waals surface area (Å²) in [4.78, 5) is 2.36. The molecule has 0 spiro atoms. The van der Waals surface area contributed by atoms with Crippen molar-refractivity contribution in [3.8, 4) is 0 Å². The highest BCUT2D eigenvalue weighted by Gasteiger charge is 2.09. The molecule has 3 nitrogen and oxygen atoms in total. The molecule has 1 aromatic rings. The average Bonchev–Trinajstić information content (AvgIpc) is 2.37. The number of ether oxygens (including phenoxy) is 1. The molecule has 3 heteroatoms. The fourth-order valence-electron chi connectivity index (χ4n) is 2.00. The van der Waals surface area contributed by atoms with E-state index in [1.54, 1.807) is 7.11 Å². The second-order valence-corrected chi connectivity index (χ2v) is 5.48. The minimum Gasteiger partial charge on any atom is -0.383 e. The number of nitrogens with one attached hydrogen (secondary N) is 1. The van der Waals surface area contributed by atoms with Gasteiger partial charge in [0.25, 0.3) is 0 Å². The summed E-state index contributed by atoms with van der Waals surface area (Å²) in [5, 5.41) is 3.43. The monoisotopic (exact) mass is 264 g/mol. The van der Waals surface area contributed by atoms with Gasteiger partial charge in [-0.15, -0.1) is 0 Å². The van der Waals surface area contributed by atoms with Gasteiger partial charge in [-0.2, -0.15) is 0 Å². The Kier molecular flexibility index (Phi) is 6.89. The van der Waals surface area contributed by atoms with E-state index in [4.69, 9.17) is 4.74 Å². The van der Waals surface area contributed by atoms with Gasteiger partial charge in [0.05, 0.1) is 6.61 Å². The molecule has 1 aromatic carbocycles. The first-order chi connectivity index (χ1) is 9.04. The van der Waals surface area contributed by atoms with E-state index >= 15 is 0 Å². The number of rotatable bonds is 8. The van der Waals surface area contributed by atoms with Gasteiger partial charge in [0.2, 0.25) is 0 Å². The highest BCUT2D eigenvalue weighted by atomic mass is 16.5. The molecule has 0 fully saturated rings. The summed E-state index contributed by atoms with van der Waals surface area (Å²) < 4.78 is 5.18. The summed E-state index contributed by atoms with van der Waals surface area (Å²) in [7, 11) is 1.75. The van der Waals surface area contributed by atoms with E-state index in [0.29, 0.717) is 12.1 Å². The van der Waals surface area contributed by atoms with Crippen LogP contribution in [0.4, 0.5) is 5.69 Å². The molecular formula is C16H28N2O. The second kappa shape index (κ2) is 8.18. The third-order valence-corrected chi connectivity index (χ3v) is 3.14.